The van der Waals surface area contributed by atoms with E-state index in [1.165, 1.54) is 0 Å². The standard InChI is InChI=1S/C10H6F6O2/c11-8(12)7(9(13,14)10(8,15)16)18-6-3-1-5(17)2-4-6/h1-4,7,17H. The van der Waals surface area contributed by atoms with Crippen molar-refractivity contribution < 1.29 is 36.2 Å². The molecule has 1 fully saturated rings. The third-order valence-electron chi connectivity index (χ3n) is 2.59. The molecule has 1 aliphatic carbocycles. The molecule has 1 saturated carbocycles. The summed E-state index contributed by atoms with van der Waals surface area (Å²) in [7, 11) is 0. The molecule has 0 aliphatic heterocycles. The van der Waals surface area contributed by atoms with Gasteiger partial charge in [-0.05, 0) is 24.3 Å². The van der Waals surface area contributed by atoms with Crippen LogP contribution in [0.25, 0.3) is 0 Å². The van der Waals surface area contributed by atoms with Gasteiger partial charge in [-0.1, -0.05) is 0 Å². The number of benzene rings is 1. The van der Waals surface area contributed by atoms with Crippen molar-refractivity contribution in [1.82, 2.24) is 0 Å². The maximum atomic E-state index is 12.8. The fourth-order valence-corrected chi connectivity index (χ4v) is 1.51. The Balaban J connectivity index is 2.23. The first-order valence-corrected chi connectivity index (χ1v) is 4.70. The van der Waals surface area contributed by atoms with Crippen molar-refractivity contribution in [2.24, 2.45) is 0 Å². The summed E-state index contributed by atoms with van der Waals surface area (Å²) < 4.78 is 80.5. The third-order valence-corrected chi connectivity index (χ3v) is 2.59. The molecule has 0 spiro atoms. The van der Waals surface area contributed by atoms with Crippen LogP contribution in [0.1, 0.15) is 0 Å². The lowest BCUT2D eigenvalue weighted by molar-refractivity contribution is -0.440. The summed E-state index contributed by atoms with van der Waals surface area (Å²) >= 11 is 0. The lowest BCUT2D eigenvalue weighted by Gasteiger charge is -2.49. The topological polar surface area (TPSA) is 29.5 Å². The normalized spacial score (nSPS) is 24.3. The molecule has 0 atom stereocenters. The molecular weight excluding hydrogens is 266 g/mol. The van der Waals surface area contributed by atoms with E-state index in [0.29, 0.717) is 0 Å². The molecule has 18 heavy (non-hydrogen) atoms. The first-order chi connectivity index (χ1) is 8.10. The Labute approximate surface area is 96.8 Å². The van der Waals surface area contributed by atoms with Crippen molar-refractivity contribution in [1.29, 1.82) is 0 Å². The highest BCUT2D eigenvalue weighted by Crippen LogP contribution is 2.61. The lowest BCUT2D eigenvalue weighted by atomic mass is 9.80. The van der Waals surface area contributed by atoms with Crippen molar-refractivity contribution in [3.63, 3.8) is 0 Å². The lowest BCUT2D eigenvalue weighted by Crippen LogP contribution is -2.79. The molecule has 0 saturated heterocycles. The molecule has 2 rings (SSSR count). The summed E-state index contributed by atoms with van der Waals surface area (Å²) in [4.78, 5) is 0. The average Bonchev–Trinajstić information content (AvgIpc) is 2.26. The monoisotopic (exact) mass is 272 g/mol. The summed E-state index contributed by atoms with van der Waals surface area (Å²) in [5, 5.41) is 8.88. The number of hydrogen-bond donors (Lipinski definition) is 1. The van der Waals surface area contributed by atoms with Crippen LogP contribution in [0.5, 0.6) is 11.5 Å². The Hall–Kier alpha value is -1.60. The van der Waals surface area contributed by atoms with Gasteiger partial charge in [-0.3, -0.25) is 0 Å². The summed E-state index contributed by atoms with van der Waals surface area (Å²) in [5.74, 6) is -16.0. The number of hydrogen-bond acceptors (Lipinski definition) is 2. The minimum Gasteiger partial charge on any atom is -0.508 e. The summed E-state index contributed by atoms with van der Waals surface area (Å²) in [6, 6.07) is 3.81. The van der Waals surface area contributed by atoms with Crippen LogP contribution in [0.15, 0.2) is 24.3 Å². The minimum atomic E-state index is -5.43. The Kier molecular flexibility index (Phi) is 2.47. The number of alkyl halides is 6. The maximum Gasteiger partial charge on any atom is 0.380 e. The molecule has 1 aliphatic rings. The van der Waals surface area contributed by atoms with Crippen LogP contribution in [0, 0.1) is 0 Å². The molecule has 1 N–H and O–H groups in total. The van der Waals surface area contributed by atoms with Crippen LogP contribution < -0.4 is 4.74 Å². The highest BCUT2D eigenvalue weighted by atomic mass is 19.4. The summed E-state index contributed by atoms with van der Waals surface area (Å²) in [6.07, 6.45) is -3.23. The molecule has 100 valence electrons. The maximum absolute atomic E-state index is 12.8. The van der Waals surface area contributed by atoms with E-state index in [0.717, 1.165) is 24.3 Å². The second-order valence-electron chi connectivity index (χ2n) is 3.81. The zero-order valence-corrected chi connectivity index (χ0v) is 8.51. The third kappa shape index (κ3) is 1.44. The van der Waals surface area contributed by atoms with Gasteiger partial charge in [-0.2, -0.15) is 26.3 Å². The second-order valence-corrected chi connectivity index (χ2v) is 3.81. The van der Waals surface area contributed by atoms with Gasteiger partial charge in [0.25, 0.3) is 0 Å². The highest BCUT2D eigenvalue weighted by Gasteiger charge is 2.92. The Morgan fingerprint density at radius 3 is 1.78 bits per heavy atom. The first-order valence-electron chi connectivity index (χ1n) is 4.70. The second kappa shape index (κ2) is 3.46. The molecule has 0 aromatic heterocycles. The van der Waals surface area contributed by atoms with E-state index in [-0.39, 0.29) is 5.75 Å². The SMILES string of the molecule is Oc1ccc(OC2C(F)(F)C(F)(F)C2(F)F)cc1. The van der Waals surface area contributed by atoms with Gasteiger partial charge in [0, 0.05) is 0 Å². The van der Waals surface area contributed by atoms with Crippen molar-refractivity contribution >= 4 is 0 Å². The van der Waals surface area contributed by atoms with Crippen LogP contribution >= 0.6 is 0 Å². The largest absolute Gasteiger partial charge is 0.508 e. The number of phenols is 1. The van der Waals surface area contributed by atoms with Gasteiger partial charge in [0.15, 0.2) is 0 Å². The van der Waals surface area contributed by atoms with Crippen molar-refractivity contribution in [2.45, 2.75) is 23.9 Å². The van der Waals surface area contributed by atoms with Gasteiger partial charge in [-0.15, -0.1) is 0 Å². The number of phenolic OH excluding ortho intramolecular Hbond substituents is 1. The van der Waals surface area contributed by atoms with Crippen molar-refractivity contribution in [3.05, 3.63) is 24.3 Å². The van der Waals surface area contributed by atoms with Crippen LogP contribution in [0.3, 0.4) is 0 Å². The summed E-state index contributed by atoms with van der Waals surface area (Å²) in [6.45, 7) is 0. The highest BCUT2D eigenvalue weighted by molar-refractivity contribution is 5.32. The van der Waals surface area contributed by atoms with Gasteiger partial charge in [0.1, 0.15) is 11.5 Å². The fraction of sp³-hybridized carbons (Fsp3) is 0.400. The molecular formula is C10H6F6O2. The van der Waals surface area contributed by atoms with Crippen LogP contribution in [-0.2, 0) is 0 Å². The van der Waals surface area contributed by atoms with Crippen LogP contribution in [-0.4, -0.2) is 29.0 Å². The van der Waals surface area contributed by atoms with E-state index >= 15 is 0 Å². The number of ether oxygens (including phenoxy) is 1. The fourth-order valence-electron chi connectivity index (χ4n) is 1.51. The Morgan fingerprint density at radius 1 is 0.889 bits per heavy atom. The van der Waals surface area contributed by atoms with Crippen LogP contribution in [0.2, 0.25) is 0 Å². The van der Waals surface area contributed by atoms with E-state index in [1.807, 2.05) is 0 Å². The van der Waals surface area contributed by atoms with Gasteiger partial charge in [-0.25, -0.2) is 0 Å². The quantitative estimate of drug-likeness (QED) is 0.838. The molecule has 0 heterocycles. The Morgan fingerprint density at radius 2 is 1.33 bits per heavy atom. The van der Waals surface area contributed by atoms with Crippen LogP contribution in [0.4, 0.5) is 26.3 Å². The number of rotatable bonds is 2. The number of halogens is 6. The van der Waals surface area contributed by atoms with Gasteiger partial charge >= 0.3 is 17.8 Å². The predicted molar refractivity (Wildman–Crippen MR) is 47.4 cm³/mol. The molecule has 0 unspecified atom stereocenters. The van der Waals surface area contributed by atoms with E-state index < -0.39 is 29.6 Å². The average molecular weight is 272 g/mol. The molecule has 0 amide bonds. The van der Waals surface area contributed by atoms with E-state index in [2.05, 4.69) is 4.74 Å². The zero-order chi connectivity index (χ0) is 13.8. The smallest absolute Gasteiger partial charge is 0.380 e. The summed E-state index contributed by atoms with van der Waals surface area (Å²) in [5.41, 5.74) is 0. The van der Waals surface area contributed by atoms with Gasteiger partial charge < -0.3 is 9.84 Å². The van der Waals surface area contributed by atoms with Crippen molar-refractivity contribution in [3.8, 4) is 11.5 Å². The minimum absolute atomic E-state index is 0.250. The number of aromatic hydroxyl groups is 1. The molecule has 0 radical (unpaired) electrons. The molecule has 1 aromatic rings. The van der Waals surface area contributed by atoms with E-state index in [9.17, 15) is 26.3 Å². The predicted octanol–water partition coefficient (Wildman–Crippen LogP) is 3.06. The zero-order valence-electron chi connectivity index (χ0n) is 8.51. The molecule has 1 aromatic carbocycles. The Bertz CT molecular complexity index is 438. The first kappa shape index (κ1) is 12.8. The molecule has 8 heteroatoms. The molecule has 0 bridgehead atoms. The van der Waals surface area contributed by atoms with Gasteiger partial charge in [0.2, 0.25) is 6.10 Å². The van der Waals surface area contributed by atoms with Gasteiger partial charge in [0.05, 0.1) is 0 Å². The van der Waals surface area contributed by atoms with E-state index in [1.54, 1.807) is 0 Å². The van der Waals surface area contributed by atoms with E-state index in [4.69, 9.17) is 5.11 Å². The molecule has 2 nitrogen and oxygen atoms in total. The van der Waals surface area contributed by atoms with Crippen molar-refractivity contribution in [2.75, 3.05) is 0 Å².